The van der Waals surface area contributed by atoms with Crippen LogP contribution < -0.4 is 10.6 Å². The molecule has 3 N–H and O–H groups in total. The highest BCUT2D eigenvalue weighted by Crippen LogP contribution is 2.32. The van der Waals surface area contributed by atoms with Gasteiger partial charge in [-0.3, -0.25) is 19.3 Å². The van der Waals surface area contributed by atoms with Gasteiger partial charge in [0.2, 0.25) is 0 Å². The number of carbonyl (C=O) groups excluding carboxylic acids is 3. The number of rotatable bonds is 4. The zero-order valence-electron chi connectivity index (χ0n) is 13.5. The molecule has 1 aromatic rings. The van der Waals surface area contributed by atoms with Crippen molar-refractivity contribution >= 4 is 23.4 Å². The second-order valence-electron chi connectivity index (χ2n) is 6.53. The van der Waals surface area contributed by atoms with Gasteiger partial charge in [0.1, 0.15) is 5.70 Å². The largest absolute Gasteiger partial charge is 0.395 e. The number of imide groups is 1. The highest BCUT2D eigenvalue weighted by Gasteiger charge is 2.33. The van der Waals surface area contributed by atoms with Crippen molar-refractivity contribution in [1.29, 1.82) is 0 Å². The van der Waals surface area contributed by atoms with Crippen molar-refractivity contribution in [2.24, 2.45) is 0 Å². The molecule has 0 unspecified atom stereocenters. The summed E-state index contributed by atoms with van der Waals surface area (Å²) < 4.78 is 0. The summed E-state index contributed by atoms with van der Waals surface area (Å²) in [6.45, 7) is 4.28. The predicted molar refractivity (Wildman–Crippen MR) is 87.3 cm³/mol. The Bertz CT molecular complexity index is 767. The third-order valence-electron chi connectivity index (χ3n) is 4.30. The maximum Gasteiger partial charge on any atom is 0.277 e. The lowest BCUT2D eigenvalue weighted by molar-refractivity contribution is -0.137. The lowest BCUT2D eigenvalue weighted by Gasteiger charge is -2.32. The minimum atomic E-state index is -0.469. The highest BCUT2D eigenvalue weighted by molar-refractivity contribution is 6.17. The van der Waals surface area contributed by atoms with Gasteiger partial charge in [0.25, 0.3) is 17.7 Å². The fourth-order valence-electron chi connectivity index (χ4n) is 2.94. The summed E-state index contributed by atoms with van der Waals surface area (Å²) >= 11 is 0. The Kier molecular flexibility index (Phi) is 3.88. The first-order valence-corrected chi connectivity index (χ1v) is 7.71. The van der Waals surface area contributed by atoms with Crippen LogP contribution in [-0.4, -0.2) is 47.4 Å². The van der Waals surface area contributed by atoms with E-state index >= 15 is 0 Å². The van der Waals surface area contributed by atoms with E-state index in [0.29, 0.717) is 17.8 Å². The Morgan fingerprint density at radius 2 is 2.04 bits per heavy atom. The number of aliphatic hydroxyl groups excluding tert-OH is 1. The number of nitrogens with zero attached hydrogens (tertiary/aromatic N) is 1. The van der Waals surface area contributed by atoms with Gasteiger partial charge >= 0.3 is 0 Å². The van der Waals surface area contributed by atoms with Crippen LogP contribution >= 0.6 is 0 Å². The molecule has 0 aliphatic carbocycles. The molecule has 3 amide bonds. The fraction of sp³-hybridized carbons (Fsp3) is 0.353. The van der Waals surface area contributed by atoms with Crippen molar-refractivity contribution in [2.75, 3.05) is 25.0 Å². The van der Waals surface area contributed by atoms with Crippen molar-refractivity contribution in [3.05, 3.63) is 41.1 Å². The van der Waals surface area contributed by atoms with Gasteiger partial charge in [0.15, 0.2) is 0 Å². The molecule has 0 fully saturated rings. The number of carbonyl (C=O) groups is 3. The minimum Gasteiger partial charge on any atom is -0.395 e. The Morgan fingerprint density at radius 1 is 1.29 bits per heavy atom. The second kappa shape index (κ2) is 5.76. The van der Waals surface area contributed by atoms with Crippen molar-refractivity contribution in [1.82, 2.24) is 10.2 Å². The van der Waals surface area contributed by atoms with Crippen LogP contribution in [0.25, 0.3) is 0 Å². The molecule has 0 aromatic heterocycles. The Balaban J connectivity index is 1.88. The number of aliphatic hydroxyl groups is 1. The van der Waals surface area contributed by atoms with E-state index in [2.05, 4.69) is 10.6 Å². The molecule has 2 heterocycles. The molecule has 7 nitrogen and oxygen atoms in total. The van der Waals surface area contributed by atoms with Crippen LogP contribution in [0, 0.1) is 0 Å². The number of β-amino-alcohol motifs (C(OH)–C–C–N with tert-alkyl or cyclic N) is 1. The summed E-state index contributed by atoms with van der Waals surface area (Å²) in [6.07, 6.45) is 1.22. The molecule has 2 aliphatic heterocycles. The number of amides is 3. The first kappa shape index (κ1) is 16.2. The molecular formula is C17H19N3O4. The normalized spacial score (nSPS) is 19.0. The summed E-state index contributed by atoms with van der Waals surface area (Å²) in [4.78, 5) is 36.9. The van der Waals surface area contributed by atoms with Gasteiger partial charge in [-0.25, -0.2) is 0 Å². The van der Waals surface area contributed by atoms with Gasteiger partial charge in [-0.1, -0.05) is 13.8 Å². The SMILES string of the molecule is CC1(C)CNC(=O)c2ccc(NC3=CC(=O)N(CCO)C3=O)cc21. The Morgan fingerprint density at radius 3 is 2.75 bits per heavy atom. The molecule has 0 radical (unpaired) electrons. The fourth-order valence-corrected chi connectivity index (χ4v) is 2.94. The van der Waals surface area contributed by atoms with Gasteiger partial charge in [-0.2, -0.15) is 0 Å². The van der Waals surface area contributed by atoms with Crippen LogP contribution in [0.4, 0.5) is 5.69 Å². The predicted octanol–water partition coefficient (Wildman–Crippen LogP) is 0.364. The van der Waals surface area contributed by atoms with E-state index in [1.165, 1.54) is 6.08 Å². The quantitative estimate of drug-likeness (QED) is 0.693. The van der Waals surface area contributed by atoms with Gasteiger partial charge in [-0.15, -0.1) is 0 Å². The van der Waals surface area contributed by atoms with Crippen molar-refractivity contribution in [3.63, 3.8) is 0 Å². The molecule has 1 aromatic carbocycles. The average molecular weight is 329 g/mol. The number of hydrogen-bond acceptors (Lipinski definition) is 5. The topological polar surface area (TPSA) is 98.7 Å². The van der Waals surface area contributed by atoms with Crippen molar-refractivity contribution < 1.29 is 19.5 Å². The van der Waals surface area contributed by atoms with E-state index in [4.69, 9.17) is 5.11 Å². The highest BCUT2D eigenvalue weighted by atomic mass is 16.3. The number of benzene rings is 1. The number of fused-ring (bicyclic) bond motifs is 1. The smallest absolute Gasteiger partial charge is 0.277 e. The molecule has 0 bridgehead atoms. The molecule has 24 heavy (non-hydrogen) atoms. The number of anilines is 1. The molecule has 3 rings (SSSR count). The van der Waals surface area contributed by atoms with E-state index in [-0.39, 0.29) is 30.2 Å². The van der Waals surface area contributed by atoms with Crippen molar-refractivity contribution in [3.8, 4) is 0 Å². The van der Waals surface area contributed by atoms with Gasteiger partial charge in [-0.05, 0) is 23.8 Å². The lowest BCUT2D eigenvalue weighted by atomic mass is 9.79. The van der Waals surface area contributed by atoms with Gasteiger partial charge in [0.05, 0.1) is 13.2 Å². The number of hydrogen-bond donors (Lipinski definition) is 3. The molecule has 126 valence electrons. The standard InChI is InChI=1S/C17H19N3O4/c1-17(2)9-18-15(23)11-4-3-10(7-12(11)17)19-13-8-14(22)20(5-6-21)16(13)24/h3-4,7-8,19,21H,5-6,9H2,1-2H3,(H,18,23). The minimum absolute atomic E-state index is 0.0310. The average Bonchev–Trinajstić information content (AvgIpc) is 2.79. The van der Waals surface area contributed by atoms with Crippen LogP contribution in [0.2, 0.25) is 0 Å². The Labute approximate surface area is 139 Å². The third-order valence-corrected chi connectivity index (χ3v) is 4.30. The van der Waals surface area contributed by atoms with E-state index in [1.54, 1.807) is 12.1 Å². The Hall–Kier alpha value is -2.67. The third kappa shape index (κ3) is 2.67. The van der Waals surface area contributed by atoms with Crippen LogP contribution in [-0.2, 0) is 15.0 Å². The maximum atomic E-state index is 12.2. The summed E-state index contributed by atoms with van der Waals surface area (Å²) in [5.74, 6) is -1.03. The van der Waals surface area contributed by atoms with Crippen molar-refractivity contribution in [2.45, 2.75) is 19.3 Å². The van der Waals surface area contributed by atoms with E-state index in [0.717, 1.165) is 10.5 Å². The summed E-state index contributed by atoms with van der Waals surface area (Å²) in [7, 11) is 0. The zero-order valence-corrected chi connectivity index (χ0v) is 13.5. The summed E-state index contributed by atoms with van der Waals surface area (Å²) in [6, 6.07) is 5.25. The summed E-state index contributed by atoms with van der Waals surface area (Å²) in [5.41, 5.74) is 2.07. The van der Waals surface area contributed by atoms with Gasteiger partial charge < -0.3 is 15.7 Å². The maximum absolute atomic E-state index is 12.2. The number of nitrogens with one attached hydrogen (secondary N) is 2. The van der Waals surface area contributed by atoms with Crippen LogP contribution in [0.15, 0.2) is 30.0 Å². The monoisotopic (exact) mass is 329 g/mol. The second-order valence-corrected chi connectivity index (χ2v) is 6.53. The summed E-state index contributed by atoms with van der Waals surface area (Å²) in [5, 5.41) is 14.7. The van der Waals surface area contributed by atoms with Gasteiger partial charge in [0, 0.05) is 29.3 Å². The molecule has 0 saturated heterocycles. The van der Waals surface area contributed by atoms with Crippen LogP contribution in [0.5, 0.6) is 0 Å². The molecular weight excluding hydrogens is 310 g/mol. The van der Waals surface area contributed by atoms with E-state index in [1.807, 2.05) is 19.9 Å². The molecule has 0 spiro atoms. The van der Waals surface area contributed by atoms with Crippen LogP contribution in [0.3, 0.4) is 0 Å². The molecule has 0 saturated carbocycles. The molecule has 7 heteroatoms. The van der Waals surface area contributed by atoms with Crippen LogP contribution in [0.1, 0.15) is 29.8 Å². The zero-order chi connectivity index (χ0) is 17.5. The van der Waals surface area contributed by atoms with E-state index < -0.39 is 11.8 Å². The molecule has 2 aliphatic rings. The van der Waals surface area contributed by atoms with E-state index in [9.17, 15) is 14.4 Å². The first-order chi connectivity index (χ1) is 11.3. The molecule has 0 atom stereocenters. The first-order valence-electron chi connectivity index (χ1n) is 7.71. The lowest BCUT2D eigenvalue weighted by Crippen LogP contribution is -2.43.